The summed E-state index contributed by atoms with van der Waals surface area (Å²) in [6, 6.07) is 4.08. The second-order valence-corrected chi connectivity index (χ2v) is 4.04. The Morgan fingerprint density at radius 2 is 2.16 bits per heavy atom. The lowest BCUT2D eigenvalue weighted by molar-refractivity contribution is -0.386. The molecular formula is C11H10ClN3O4. The van der Waals surface area contributed by atoms with Crippen LogP contribution in [0.1, 0.15) is 18.7 Å². The van der Waals surface area contributed by atoms with Crippen molar-refractivity contribution in [3.05, 3.63) is 45.1 Å². The standard InChI is InChI=1S/C11H10ClN3O4/c1-2-10-13-14-11(19-10)6-18-9-5-7(12)3-4-8(9)15(16)17/h3-5H,2,6H2,1H3. The Hall–Kier alpha value is -2.15. The number of nitro benzene ring substituents is 1. The van der Waals surface area contributed by atoms with Gasteiger partial charge in [0.2, 0.25) is 5.89 Å². The summed E-state index contributed by atoms with van der Waals surface area (Å²) in [6.07, 6.45) is 0.615. The topological polar surface area (TPSA) is 91.3 Å². The van der Waals surface area contributed by atoms with Gasteiger partial charge in [0, 0.05) is 23.6 Å². The molecule has 1 heterocycles. The Labute approximate surface area is 113 Å². The molecule has 1 aromatic carbocycles. The van der Waals surface area contributed by atoms with Crippen LogP contribution in [-0.2, 0) is 13.0 Å². The predicted octanol–water partition coefficient (Wildman–Crippen LogP) is 2.77. The van der Waals surface area contributed by atoms with Gasteiger partial charge in [0.05, 0.1) is 4.92 Å². The number of benzene rings is 1. The largest absolute Gasteiger partial charge is 0.477 e. The van der Waals surface area contributed by atoms with Crippen molar-refractivity contribution < 1.29 is 14.1 Å². The van der Waals surface area contributed by atoms with Crippen molar-refractivity contribution in [1.82, 2.24) is 10.2 Å². The van der Waals surface area contributed by atoms with Gasteiger partial charge in [-0.3, -0.25) is 10.1 Å². The van der Waals surface area contributed by atoms with Gasteiger partial charge in [-0.05, 0) is 6.07 Å². The van der Waals surface area contributed by atoms with Crippen molar-refractivity contribution in [2.75, 3.05) is 0 Å². The number of ether oxygens (including phenoxy) is 1. The highest BCUT2D eigenvalue weighted by Crippen LogP contribution is 2.30. The number of halogens is 1. The Balaban J connectivity index is 2.14. The smallest absolute Gasteiger partial charge is 0.311 e. The number of aryl methyl sites for hydroxylation is 1. The van der Waals surface area contributed by atoms with Crippen molar-refractivity contribution >= 4 is 17.3 Å². The molecule has 0 atom stereocenters. The highest BCUT2D eigenvalue weighted by molar-refractivity contribution is 6.30. The number of hydrogen-bond acceptors (Lipinski definition) is 6. The van der Waals surface area contributed by atoms with E-state index in [1.165, 1.54) is 18.2 Å². The minimum atomic E-state index is -0.545. The van der Waals surface area contributed by atoms with Crippen molar-refractivity contribution in [1.29, 1.82) is 0 Å². The van der Waals surface area contributed by atoms with Crippen LogP contribution in [0.5, 0.6) is 5.75 Å². The lowest BCUT2D eigenvalue weighted by Gasteiger charge is -2.04. The summed E-state index contributed by atoms with van der Waals surface area (Å²) in [7, 11) is 0. The van der Waals surface area contributed by atoms with Gasteiger partial charge in [0.25, 0.3) is 5.89 Å². The van der Waals surface area contributed by atoms with Crippen LogP contribution in [0.4, 0.5) is 5.69 Å². The van der Waals surface area contributed by atoms with E-state index in [4.69, 9.17) is 20.8 Å². The van der Waals surface area contributed by atoms with Crippen molar-refractivity contribution in [3.63, 3.8) is 0 Å². The molecule has 0 amide bonds. The van der Waals surface area contributed by atoms with Gasteiger partial charge in [-0.2, -0.15) is 0 Å². The molecule has 8 heteroatoms. The summed E-state index contributed by atoms with van der Waals surface area (Å²) in [5, 5.41) is 18.7. The van der Waals surface area contributed by atoms with Crippen LogP contribution in [0.2, 0.25) is 5.02 Å². The Kier molecular flexibility index (Phi) is 3.96. The summed E-state index contributed by atoms with van der Waals surface area (Å²) in [6.45, 7) is 1.83. The molecule has 0 fully saturated rings. The van der Waals surface area contributed by atoms with Gasteiger partial charge in [0.15, 0.2) is 12.4 Å². The molecule has 0 saturated carbocycles. The SMILES string of the molecule is CCc1nnc(COc2cc(Cl)ccc2[N+](=O)[O-])o1. The fourth-order valence-electron chi connectivity index (χ4n) is 1.38. The molecule has 0 bridgehead atoms. The van der Waals surface area contributed by atoms with E-state index in [1.54, 1.807) is 0 Å². The van der Waals surface area contributed by atoms with E-state index in [9.17, 15) is 10.1 Å². The first-order valence-corrected chi connectivity index (χ1v) is 5.86. The third-order valence-electron chi connectivity index (χ3n) is 2.28. The first kappa shape index (κ1) is 13.3. The summed E-state index contributed by atoms with van der Waals surface area (Å²) in [5.74, 6) is 0.805. The molecule has 0 aliphatic heterocycles. The van der Waals surface area contributed by atoms with Gasteiger partial charge in [-0.25, -0.2) is 0 Å². The van der Waals surface area contributed by atoms with Crippen LogP contribution in [0.15, 0.2) is 22.6 Å². The molecule has 0 unspecified atom stereocenters. The Morgan fingerprint density at radius 1 is 1.42 bits per heavy atom. The third-order valence-corrected chi connectivity index (χ3v) is 2.52. The third kappa shape index (κ3) is 3.19. The first-order valence-electron chi connectivity index (χ1n) is 5.48. The van der Waals surface area contributed by atoms with E-state index in [0.29, 0.717) is 17.3 Å². The molecule has 0 aliphatic rings. The average Bonchev–Trinajstić information content (AvgIpc) is 2.84. The molecular weight excluding hydrogens is 274 g/mol. The molecule has 19 heavy (non-hydrogen) atoms. The van der Waals surface area contributed by atoms with Crippen LogP contribution < -0.4 is 4.74 Å². The first-order chi connectivity index (χ1) is 9.10. The van der Waals surface area contributed by atoms with E-state index >= 15 is 0 Å². The number of nitrogens with zero attached hydrogens (tertiary/aromatic N) is 3. The van der Waals surface area contributed by atoms with Crippen molar-refractivity contribution in [3.8, 4) is 5.75 Å². The minimum absolute atomic E-state index is 0.0474. The molecule has 0 aliphatic carbocycles. The molecule has 0 saturated heterocycles. The molecule has 2 rings (SSSR count). The maximum absolute atomic E-state index is 10.8. The zero-order valence-electron chi connectivity index (χ0n) is 10.00. The van der Waals surface area contributed by atoms with Gasteiger partial charge in [-0.15, -0.1) is 10.2 Å². The van der Waals surface area contributed by atoms with Gasteiger partial charge >= 0.3 is 5.69 Å². The van der Waals surface area contributed by atoms with Gasteiger partial charge in [-0.1, -0.05) is 18.5 Å². The maximum Gasteiger partial charge on any atom is 0.311 e. The van der Waals surface area contributed by atoms with Gasteiger partial charge in [0.1, 0.15) is 0 Å². The lowest BCUT2D eigenvalue weighted by Crippen LogP contribution is -1.99. The number of nitro groups is 1. The molecule has 0 radical (unpaired) electrons. The summed E-state index contributed by atoms with van der Waals surface area (Å²) < 4.78 is 10.5. The van der Waals surface area contributed by atoms with E-state index in [2.05, 4.69) is 10.2 Å². The summed E-state index contributed by atoms with van der Waals surface area (Å²) in [4.78, 5) is 10.3. The number of rotatable bonds is 5. The van der Waals surface area contributed by atoms with Crippen LogP contribution in [0, 0.1) is 10.1 Å². The molecule has 100 valence electrons. The van der Waals surface area contributed by atoms with E-state index in [1.807, 2.05) is 6.92 Å². The Bertz CT molecular complexity index is 599. The van der Waals surface area contributed by atoms with Crippen LogP contribution >= 0.6 is 11.6 Å². The zero-order chi connectivity index (χ0) is 13.8. The van der Waals surface area contributed by atoms with E-state index in [0.717, 1.165) is 0 Å². The fraction of sp³-hybridized carbons (Fsp3) is 0.273. The zero-order valence-corrected chi connectivity index (χ0v) is 10.8. The molecule has 0 N–H and O–H groups in total. The highest BCUT2D eigenvalue weighted by atomic mass is 35.5. The van der Waals surface area contributed by atoms with E-state index in [-0.39, 0.29) is 23.9 Å². The molecule has 1 aromatic heterocycles. The number of aromatic nitrogens is 2. The highest BCUT2D eigenvalue weighted by Gasteiger charge is 2.16. The van der Waals surface area contributed by atoms with Crippen LogP contribution in [0.25, 0.3) is 0 Å². The molecule has 2 aromatic rings. The normalized spacial score (nSPS) is 10.4. The molecule has 0 spiro atoms. The van der Waals surface area contributed by atoms with Crippen molar-refractivity contribution in [2.24, 2.45) is 0 Å². The van der Waals surface area contributed by atoms with E-state index < -0.39 is 4.92 Å². The fourth-order valence-corrected chi connectivity index (χ4v) is 1.55. The maximum atomic E-state index is 10.8. The van der Waals surface area contributed by atoms with Crippen molar-refractivity contribution in [2.45, 2.75) is 20.0 Å². The minimum Gasteiger partial charge on any atom is -0.477 e. The second kappa shape index (κ2) is 5.66. The van der Waals surface area contributed by atoms with Gasteiger partial charge < -0.3 is 9.15 Å². The molecule has 7 nitrogen and oxygen atoms in total. The lowest BCUT2D eigenvalue weighted by atomic mass is 10.3. The monoisotopic (exact) mass is 283 g/mol. The Morgan fingerprint density at radius 3 is 2.79 bits per heavy atom. The quantitative estimate of drug-likeness (QED) is 0.619. The predicted molar refractivity (Wildman–Crippen MR) is 66.1 cm³/mol. The van der Waals surface area contributed by atoms with Crippen LogP contribution in [0.3, 0.4) is 0 Å². The summed E-state index contributed by atoms with van der Waals surface area (Å²) in [5.41, 5.74) is -0.167. The van der Waals surface area contributed by atoms with Crippen LogP contribution in [-0.4, -0.2) is 15.1 Å². The number of hydrogen-bond donors (Lipinski definition) is 0. The average molecular weight is 284 g/mol. The second-order valence-electron chi connectivity index (χ2n) is 3.60. The summed E-state index contributed by atoms with van der Waals surface area (Å²) >= 11 is 5.78.